The van der Waals surface area contributed by atoms with Crippen LogP contribution in [0.15, 0.2) is 21.1 Å². The van der Waals surface area contributed by atoms with Gasteiger partial charge < -0.3 is 0 Å². The van der Waals surface area contributed by atoms with E-state index in [1.165, 1.54) is 98.1 Å². The topological polar surface area (TPSA) is 34.1 Å². The summed E-state index contributed by atoms with van der Waals surface area (Å²) in [5.41, 5.74) is 0. The Kier molecular flexibility index (Phi) is 14.9. The van der Waals surface area contributed by atoms with Gasteiger partial charge >= 0.3 is 0 Å². The lowest BCUT2D eigenvalue weighted by atomic mass is 10.1. The van der Waals surface area contributed by atoms with Gasteiger partial charge in [-0.15, -0.1) is 22.7 Å². The van der Waals surface area contributed by atoms with E-state index in [4.69, 9.17) is 0 Å². The van der Waals surface area contributed by atoms with Crippen molar-refractivity contribution in [1.82, 2.24) is 0 Å². The van der Waals surface area contributed by atoms with Crippen molar-refractivity contribution in [2.75, 3.05) is 0 Å². The smallest absolute Gasteiger partial charge is 0.245 e. The van der Waals surface area contributed by atoms with Crippen LogP contribution in [-0.2, 0) is 0 Å². The highest BCUT2D eigenvalue weighted by atomic mass is 79.9. The molecular formula is C30H48Br2O2S2Si2. The van der Waals surface area contributed by atoms with E-state index >= 15 is 0 Å². The SMILES string of the molecule is CCCCCCCC[Si](C)(C)c1cc(Br)c(C(=O)C(=O)c2sc([Si](C)(C)CCCCCCCC)cc2Br)s1. The Balaban J connectivity index is 2.06. The Morgan fingerprint density at radius 2 is 0.921 bits per heavy atom. The lowest BCUT2D eigenvalue weighted by Gasteiger charge is -2.20. The number of carbonyl (C=O) groups excluding carboxylic acids is 2. The number of halogens is 2. The minimum atomic E-state index is -1.65. The first-order chi connectivity index (χ1) is 17.9. The summed E-state index contributed by atoms with van der Waals surface area (Å²) >= 11 is 10.4. The quantitative estimate of drug-likeness (QED) is 0.0627. The molecule has 0 saturated carbocycles. The van der Waals surface area contributed by atoms with Gasteiger partial charge in [-0.1, -0.05) is 129 Å². The van der Waals surface area contributed by atoms with Crippen LogP contribution in [0.2, 0.25) is 38.3 Å². The molecular weight excluding hydrogens is 672 g/mol. The summed E-state index contributed by atoms with van der Waals surface area (Å²) in [5, 5.41) is 0. The minimum Gasteiger partial charge on any atom is -0.284 e. The van der Waals surface area contributed by atoms with Crippen molar-refractivity contribution in [2.45, 2.75) is 129 Å². The zero-order chi connectivity index (χ0) is 28.3. The standard InChI is InChI=1S/C30H48Br2O2S2Si2/c1-7-9-11-13-15-17-19-37(3,4)25-21-23(31)29(35-25)27(33)28(34)30-24(32)22-26(36-30)38(5,6)20-18-16-14-12-10-8-2/h21-22H,7-20H2,1-6H3. The Labute approximate surface area is 259 Å². The van der Waals surface area contributed by atoms with Crippen LogP contribution in [0.1, 0.15) is 110 Å². The predicted octanol–water partition coefficient (Wildman–Crippen LogP) is 11.0. The van der Waals surface area contributed by atoms with E-state index in [-0.39, 0.29) is 11.6 Å². The van der Waals surface area contributed by atoms with Gasteiger partial charge in [0, 0.05) is 8.95 Å². The first-order valence-electron chi connectivity index (χ1n) is 14.6. The van der Waals surface area contributed by atoms with Crippen LogP contribution in [0.25, 0.3) is 0 Å². The summed E-state index contributed by atoms with van der Waals surface area (Å²) in [6.45, 7) is 14.1. The molecule has 0 bridgehead atoms. The number of hydrogen-bond acceptors (Lipinski definition) is 4. The van der Waals surface area contributed by atoms with Crippen molar-refractivity contribution in [2.24, 2.45) is 0 Å². The van der Waals surface area contributed by atoms with Crippen LogP contribution in [0.3, 0.4) is 0 Å². The number of thiophene rings is 2. The maximum atomic E-state index is 13.4. The molecule has 2 aromatic rings. The Hall–Kier alpha value is 0.134. The molecule has 0 aromatic carbocycles. The van der Waals surface area contributed by atoms with Crippen molar-refractivity contribution in [3.05, 3.63) is 30.8 Å². The molecule has 0 unspecified atom stereocenters. The van der Waals surface area contributed by atoms with E-state index in [1.54, 1.807) is 22.7 Å². The van der Waals surface area contributed by atoms with Gasteiger partial charge in [0.1, 0.15) is 0 Å². The summed E-state index contributed by atoms with van der Waals surface area (Å²) < 4.78 is 4.19. The number of ketones is 2. The van der Waals surface area contributed by atoms with E-state index in [9.17, 15) is 9.59 Å². The zero-order valence-corrected chi connectivity index (χ0v) is 31.2. The molecule has 2 heterocycles. The molecule has 0 saturated heterocycles. The molecule has 8 heteroatoms. The van der Waals surface area contributed by atoms with Gasteiger partial charge in [-0.05, 0) is 53.0 Å². The molecule has 0 amide bonds. The molecule has 2 aromatic heterocycles. The van der Waals surface area contributed by atoms with Crippen molar-refractivity contribution in [3.63, 3.8) is 0 Å². The molecule has 0 fully saturated rings. The normalized spacial score (nSPS) is 12.3. The monoisotopic (exact) mass is 718 g/mol. The highest BCUT2D eigenvalue weighted by molar-refractivity contribution is 9.11. The lowest BCUT2D eigenvalue weighted by molar-refractivity contribution is 0.0821. The second kappa shape index (κ2) is 16.5. The predicted molar refractivity (Wildman–Crippen MR) is 183 cm³/mol. The van der Waals surface area contributed by atoms with E-state index in [2.05, 4.69) is 84.0 Å². The third-order valence-electron chi connectivity index (χ3n) is 7.64. The van der Waals surface area contributed by atoms with E-state index < -0.39 is 16.1 Å². The molecule has 0 aliphatic rings. The molecule has 0 radical (unpaired) electrons. The van der Waals surface area contributed by atoms with Crippen LogP contribution in [0.4, 0.5) is 0 Å². The average molecular weight is 721 g/mol. The van der Waals surface area contributed by atoms with Crippen molar-refractivity contribution < 1.29 is 9.59 Å². The van der Waals surface area contributed by atoms with Gasteiger partial charge in [0.05, 0.1) is 25.9 Å². The number of hydrogen-bond donors (Lipinski definition) is 0. The molecule has 214 valence electrons. The fourth-order valence-electron chi connectivity index (χ4n) is 4.86. The van der Waals surface area contributed by atoms with E-state index in [0.29, 0.717) is 9.75 Å². The molecule has 2 nitrogen and oxygen atoms in total. The highest BCUT2D eigenvalue weighted by Gasteiger charge is 2.33. The summed E-state index contributed by atoms with van der Waals surface area (Å²) in [6, 6.07) is 6.71. The molecule has 0 N–H and O–H groups in total. The van der Waals surface area contributed by atoms with Crippen molar-refractivity contribution >= 4 is 91.2 Å². The molecule has 0 spiro atoms. The zero-order valence-electron chi connectivity index (χ0n) is 24.4. The average Bonchev–Trinajstić information content (AvgIpc) is 3.46. The van der Waals surface area contributed by atoms with Gasteiger partial charge in [-0.3, -0.25) is 9.59 Å². The second-order valence-electron chi connectivity index (χ2n) is 12.0. The largest absolute Gasteiger partial charge is 0.284 e. The number of rotatable bonds is 19. The highest BCUT2D eigenvalue weighted by Crippen LogP contribution is 2.31. The molecule has 2 rings (SSSR count). The number of unbranched alkanes of at least 4 members (excludes halogenated alkanes) is 10. The second-order valence-corrected chi connectivity index (χ2v) is 26.2. The Morgan fingerprint density at radius 3 is 1.26 bits per heavy atom. The summed E-state index contributed by atoms with van der Waals surface area (Å²) in [4.78, 5) is 28.0. The summed E-state index contributed by atoms with van der Waals surface area (Å²) in [5.74, 6) is -0.746. The fourth-order valence-corrected chi connectivity index (χ4v) is 15.6. The lowest BCUT2D eigenvalue weighted by Crippen LogP contribution is -2.39. The fraction of sp³-hybridized carbons (Fsp3) is 0.667. The van der Waals surface area contributed by atoms with Crippen molar-refractivity contribution in [3.8, 4) is 0 Å². The number of Topliss-reactive ketones (excluding diaryl/α,β-unsaturated/α-hetero) is 2. The summed E-state index contributed by atoms with van der Waals surface area (Å²) in [7, 11) is -3.30. The van der Waals surface area contributed by atoms with Crippen LogP contribution in [0.5, 0.6) is 0 Å². The van der Waals surface area contributed by atoms with Crippen LogP contribution in [-0.4, -0.2) is 27.7 Å². The first kappa shape index (κ1) is 34.3. The van der Waals surface area contributed by atoms with E-state index in [0.717, 1.165) is 8.95 Å². The molecule has 0 atom stereocenters. The summed E-state index contributed by atoms with van der Waals surface area (Å²) in [6.07, 6.45) is 15.6. The van der Waals surface area contributed by atoms with Gasteiger partial charge in [-0.2, -0.15) is 0 Å². The maximum Gasteiger partial charge on any atom is 0.245 e. The van der Waals surface area contributed by atoms with Gasteiger partial charge in [0.25, 0.3) is 0 Å². The van der Waals surface area contributed by atoms with Gasteiger partial charge in [-0.25, -0.2) is 0 Å². The molecule has 0 aliphatic carbocycles. The first-order valence-corrected chi connectivity index (χ1v) is 24.3. The van der Waals surface area contributed by atoms with Crippen LogP contribution < -0.4 is 9.00 Å². The third-order valence-corrected chi connectivity index (χ3v) is 21.4. The number of carbonyl (C=O) groups is 2. The van der Waals surface area contributed by atoms with Gasteiger partial charge in [0.15, 0.2) is 0 Å². The Morgan fingerprint density at radius 1 is 0.605 bits per heavy atom. The van der Waals surface area contributed by atoms with Gasteiger partial charge in [0.2, 0.25) is 11.6 Å². The van der Waals surface area contributed by atoms with Crippen LogP contribution >= 0.6 is 54.5 Å². The maximum absolute atomic E-state index is 13.4. The Bertz CT molecular complexity index is 961. The van der Waals surface area contributed by atoms with Crippen molar-refractivity contribution in [1.29, 1.82) is 0 Å². The minimum absolute atomic E-state index is 0.373. The van der Waals surface area contributed by atoms with E-state index in [1.807, 2.05) is 0 Å². The van der Waals surface area contributed by atoms with Crippen LogP contribution in [0, 0.1) is 0 Å². The molecule has 0 aliphatic heterocycles. The third kappa shape index (κ3) is 10.2. The molecule has 38 heavy (non-hydrogen) atoms.